The number of nitro groups is 1. The van der Waals surface area contributed by atoms with Crippen LogP contribution in [0.1, 0.15) is 5.56 Å². The minimum absolute atomic E-state index is 0.0776. The van der Waals surface area contributed by atoms with Crippen LogP contribution in [0, 0.1) is 10.1 Å². The number of alkyl halides is 3. The van der Waals surface area contributed by atoms with Crippen molar-refractivity contribution in [3.63, 3.8) is 0 Å². The van der Waals surface area contributed by atoms with Crippen LogP contribution in [0.5, 0.6) is 0 Å². The normalized spacial score (nSPS) is 11.2. The highest BCUT2D eigenvalue weighted by molar-refractivity contribution is 5.78. The molecule has 1 amide bonds. The van der Waals surface area contributed by atoms with Crippen LogP contribution in [0.4, 0.5) is 18.9 Å². The van der Waals surface area contributed by atoms with Gasteiger partial charge in [-0.2, -0.15) is 13.2 Å². The molecule has 1 N–H and O–H groups in total. The summed E-state index contributed by atoms with van der Waals surface area (Å²) in [5, 5.41) is 12.6. The topological polar surface area (TPSA) is 75.5 Å². The maximum absolute atomic E-state index is 11.9. The first-order valence-corrected chi connectivity index (χ1v) is 5.94. The molecule has 0 aromatic heterocycles. The van der Waals surface area contributed by atoms with Gasteiger partial charge in [0.15, 0.2) is 0 Å². The van der Waals surface area contributed by atoms with Gasteiger partial charge in [0, 0.05) is 25.7 Å². The first-order chi connectivity index (χ1) is 9.69. The smallest absolute Gasteiger partial charge is 0.340 e. The summed E-state index contributed by atoms with van der Waals surface area (Å²) >= 11 is 0. The zero-order chi connectivity index (χ0) is 16.0. The molecule has 0 fully saturated rings. The predicted molar refractivity (Wildman–Crippen MR) is 68.5 cm³/mol. The molecule has 0 bridgehead atoms. The van der Waals surface area contributed by atoms with Crippen molar-refractivity contribution in [2.75, 3.05) is 20.1 Å². The van der Waals surface area contributed by atoms with Crippen LogP contribution >= 0.6 is 0 Å². The number of likely N-dealkylation sites (N-methyl/N-ethyl adjacent to an activating group) is 1. The lowest BCUT2D eigenvalue weighted by Gasteiger charge is -2.18. The summed E-state index contributed by atoms with van der Waals surface area (Å²) in [5.41, 5.74) is 0.416. The number of nitrogens with one attached hydrogen (secondary N) is 1. The van der Waals surface area contributed by atoms with E-state index in [0.29, 0.717) is 5.56 Å². The number of amides is 1. The van der Waals surface area contributed by atoms with E-state index in [2.05, 4.69) is 0 Å². The average Bonchev–Trinajstić information content (AvgIpc) is 2.37. The molecule has 1 aromatic carbocycles. The largest absolute Gasteiger partial charge is 0.401 e. The fourth-order valence-electron chi connectivity index (χ4n) is 1.58. The monoisotopic (exact) mass is 305 g/mol. The van der Waals surface area contributed by atoms with Crippen molar-refractivity contribution < 1.29 is 22.9 Å². The lowest BCUT2D eigenvalue weighted by atomic mass is 10.2. The summed E-state index contributed by atoms with van der Waals surface area (Å²) in [4.78, 5) is 22.9. The third-order valence-corrected chi connectivity index (χ3v) is 2.57. The van der Waals surface area contributed by atoms with Crippen molar-refractivity contribution in [2.45, 2.75) is 12.7 Å². The Kier molecular flexibility index (Phi) is 5.65. The maximum atomic E-state index is 11.9. The fraction of sp³-hybridized carbons (Fsp3) is 0.417. The Labute approximate surface area is 118 Å². The highest BCUT2D eigenvalue weighted by Gasteiger charge is 2.26. The Morgan fingerprint density at radius 2 is 2.10 bits per heavy atom. The van der Waals surface area contributed by atoms with Crippen molar-refractivity contribution in [3.05, 3.63) is 39.9 Å². The van der Waals surface area contributed by atoms with Gasteiger partial charge >= 0.3 is 6.18 Å². The summed E-state index contributed by atoms with van der Waals surface area (Å²) in [5.74, 6) is -0.536. The van der Waals surface area contributed by atoms with Crippen molar-refractivity contribution >= 4 is 11.6 Å². The van der Waals surface area contributed by atoms with Crippen molar-refractivity contribution in [3.8, 4) is 0 Å². The van der Waals surface area contributed by atoms with Crippen LogP contribution in [0.15, 0.2) is 24.3 Å². The van der Waals surface area contributed by atoms with Gasteiger partial charge in [0.05, 0.1) is 18.0 Å². The van der Waals surface area contributed by atoms with Crippen LogP contribution in [-0.4, -0.2) is 42.0 Å². The molecule has 0 aliphatic heterocycles. The van der Waals surface area contributed by atoms with Crippen LogP contribution in [0.3, 0.4) is 0 Å². The second-order valence-electron chi connectivity index (χ2n) is 4.40. The predicted octanol–water partition coefficient (Wildman–Crippen LogP) is 1.71. The van der Waals surface area contributed by atoms with Gasteiger partial charge in [-0.15, -0.1) is 0 Å². The number of nitro benzene ring substituents is 1. The van der Waals surface area contributed by atoms with Gasteiger partial charge in [-0.25, -0.2) is 0 Å². The van der Waals surface area contributed by atoms with Crippen LogP contribution < -0.4 is 5.32 Å². The van der Waals surface area contributed by atoms with E-state index in [9.17, 15) is 28.1 Å². The molecule has 1 rings (SSSR count). The number of rotatable bonds is 6. The quantitative estimate of drug-likeness (QED) is 0.641. The minimum atomic E-state index is -4.38. The number of carbonyl (C=O) groups excluding carboxylic acids is 1. The summed E-state index contributed by atoms with van der Waals surface area (Å²) < 4.78 is 35.8. The first-order valence-electron chi connectivity index (χ1n) is 5.94. The molecular weight excluding hydrogens is 291 g/mol. The van der Waals surface area contributed by atoms with Gasteiger partial charge in [0.1, 0.15) is 0 Å². The van der Waals surface area contributed by atoms with E-state index in [4.69, 9.17) is 0 Å². The Morgan fingerprint density at radius 1 is 1.43 bits per heavy atom. The summed E-state index contributed by atoms with van der Waals surface area (Å²) in [6.45, 7) is -1.62. The molecule has 0 aliphatic rings. The van der Waals surface area contributed by atoms with E-state index in [1.807, 2.05) is 5.32 Å². The Hall–Kier alpha value is -2.16. The van der Waals surface area contributed by atoms with Crippen molar-refractivity contribution in [1.82, 2.24) is 10.2 Å². The van der Waals surface area contributed by atoms with Gasteiger partial charge < -0.3 is 10.2 Å². The first kappa shape index (κ1) is 16.9. The average molecular weight is 305 g/mol. The van der Waals surface area contributed by atoms with E-state index in [0.717, 1.165) is 0 Å². The van der Waals surface area contributed by atoms with Gasteiger partial charge in [-0.05, 0) is 5.56 Å². The van der Waals surface area contributed by atoms with Crippen LogP contribution in [0.2, 0.25) is 0 Å². The molecule has 0 saturated heterocycles. The zero-order valence-corrected chi connectivity index (χ0v) is 11.2. The molecule has 21 heavy (non-hydrogen) atoms. The minimum Gasteiger partial charge on any atom is -0.340 e. The maximum Gasteiger partial charge on any atom is 0.401 e. The number of benzene rings is 1. The standard InChI is InChI=1S/C12H14F3N3O3/c1-17(11(19)6-16-8-12(13,14)15)7-9-3-2-4-10(5-9)18(20)21/h2-5,16H,6-8H2,1H3. The van der Waals surface area contributed by atoms with Gasteiger partial charge in [-0.1, -0.05) is 12.1 Å². The molecule has 0 radical (unpaired) electrons. The van der Waals surface area contributed by atoms with Gasteiger partial charge in [-0.3, -0.25) is 14.9 Å². The highest BCUT2D eigenvalue weighted by Crippen LogP contribution is 2.14. The Balaban J connectivity index is 2.52. The third kappa shape index (κ3) is 6.21. The zero-order valence-electron chi connectivity index (χ0n) is 11.2. The van der Waals surface area contributed by atoms with E-state index >= 15 is 0 Å². The molecule has 0 spiro atoms. The van der Waals surface area contributed by atoms with Gasteiger partial charge in [0.25, 0.3) is 5.69 Å². The Bertz CT molecular complexity index is 520. The molecule has 6 nitrogen and oxygen atoms in total. The van der Waals surface area contributed by atoms with Gasteiger partial charge in [0.2, 0.25) is 5.91 Å². The van der Waals surface area contributed by atoms with Crippen LogP contribution in [-0.2, 0) is 11.3 Å². The van der Waals surface area contributed by atoms with E-state index in [1.54, 1.807) is 6.07 Å². The van der Waals surface area contributed by atoms with Crippen LogP contribution in [0.25, 0.3) is 0 Å². The molecule has 1 aromatic rings. The molecule has 0 saturated carbocycles. The highest BCUT2D eigenvalue weighted by atomic mass is 19.4. The van der Waals surface area contributed by atoms with Crippen molar-refractivity contribution in [1.29, 1.82) is 0 Å². The Morgan fingerprint density at radius 3 is 2.67 bits per heavy atom. The molecular formula is C12H14F3N3O3. The number of carbonyl (C=O) groups is 1. The second kappa shape index (κ2) is 7.02. The fourth-order valence-corrected chi connectivity index (χ4v) is 1.58. The summed E-state index contributed by atoms with van der Waals surface area (Å²) in [6.07, 6.45) is -4.38. The SMILES string of the molecule is CN(Cc1cccc([N+](=O)[O-])c1)C(=O)CNCC(F)(F)F. The third-order valence-electron chi connectivity index (χ3n) is 2.57. The number of halogens is 3. The van der Waals surface area contributed by atoms with E-state index < -0.39 is 30.1 Å². The number of non-ortho nitro benzene ring substituents is 1. The molecule has 9 heteroatoms. The lowest BCUT2D eigenvalue weighted by Crippen LogP contribution is -2.38. The molecule has 0 heterocycles. The lowest BCUT2D eigenvalue weighted by molar-refractivity contribution is -0.384. The van der Waals surface area contributed by atoms with E-state index in [-0.39, 0.29) is 12.2 Å². The molecule has 116 valence electrons. The summed E-state index contributed by atoms with van der Waals surface area (Å²) in [7, 11) is 1.41. The number of hydrogen-bond donors (Lipinski definition) is 1. The van der Waals surface area contributed by atoms with E-state index in [1.165, 1.54) is 30.1 Å². The van der Waals surface area contributed by atoms with Crippen molar-refractivity contribution in [2.24, 2.45) is 0 Å². The second-order valence-corrected chi connectivity index (χ2v) is 4.40. The number of nitrogens with zero attached hydrogens (tertiary/aromatic N) is 2. The summed E-state index contributed by atoms with van der Waals surface area (Å²) in [6, 6.07) is 5.71. The molecule has 0 unspecified atom stereocenters. The number of hydrogen-bond acceptors (Lipinski definition) is 4. The molecule has 0 atom stereocenters. The molecule has 0 aliphatic carbocycles.